The Balaban J connectivity index is 0.00000841. The Kier molecular flexibility index (Phi) is 31.8. The minimum Gasteiger partial charge on any atom is -0.461 e. The van der Waals surface area contributed by atoms with Gasteiger partial charge >= 0.3 is 12.1 Å². The third-order valence-electron chi connectivity index (χ3n) is 26.4. The number of likely N-dealkylation sites (tertiary alicyclic amines) is 2. The molecule has 12 rings (SSSR count). The van der Waals surface area contributed by atoms with Crippen LogP contribution in [0.25, 0.3) is 0 Å². The van der Waals surface area contributed by atoms with E-state index < -0.39 is 173 Å². The number of fused-ring (bicyclic) bond motifs is 6. The molecule has 0 spiro atoms. The van der Waals surface area contributed by atoms with Crippen molar-refractivity contribution in [3.05, 3.63) is 144 Å². The number of ether oxygens (including phenoxy) is 3. The van der Waals surface area contributed by atoms with Crippen molar-refractivity contribution in [1.29, 1.82) is 0 Å². The highest BCUT2D eigenvalue weighted by atomic mass is 33.1. The molecule has 125 heavy (non-hydrogen) atoms. The van der Waals surface area contributed by atoms with E-state index in [1.165, 1.54) is 25.9 Å². The number of unbranched alkanes of at least 4 members (excludes halogenated alkanes) is 1. The Bertz CT molecular complexity index is 4510. The molecule has 2 aromatic rings. The van der Waals surface area contributed by atoms with Crippen LogP contribution in [0.4, 0.5) is 4.79 Å². The van der Waals surface area contributed by atoms with Crippen molar-refractivity contribution in [3.8, 4) is 0 Å². The summed E-state index contributed by atoms with van der Waals surface area (Å²) in [6.07, 6.45) is 16.9. The molecule has 32 nitrogen and oxygen atoms in total. The van der Waals surface area contributed by atoms with Crippen LogP contribution in [0.2, 0.25) is 0 Å². The lowest BCUT2D eigenvalue weighted by Crippen LogP contribution is -2.62. The normalized spacial score (nSPS) is 30.6. The Morgan fingerprint density at radius 2 is 1.41 bits per heavy atom. The maximum Gasteiger partial charge on any atom is 0.407 e. The number of amides is 11. The first-order chi connectivity index (χ1) is 59.7. The van der Waals surface area contributed by atoms with Gasteiger partial charge in [0.05, 0.1) is 30.4 Å². The minimum atomic E-state index is -1.87. The molecule has 682 valence electrons. The van der Waals surface area contributed by atoms with Crippen LogP contribution in [0.1, 0.15) is 158 Å². The SMILES string of the molecule is CO[C@@]1(C(=O)OCC(NC(=O)C2CSSCC(NC(=O)C(Cc3ccccc3)NC(=O)C3CCCN3C(=O)C3CCCN3C(=O)C3=CN(C)C=CC3)C(=O)NC(Cc3ccccc3)C(=O)NC(CC3=CNC4C=CC=CC34)C(=O)NC(CCCCNC(=O)OC(C)(C)C)C(=O)NC(C(C)O)C(=O)N2)C(C)O)CCC2C3CCC4=CC(=O)CCC4C3C(O)CC21C.[2HH].[2HH]. The van der Waals surface area contributed by atoms with Crippen molar-refractivity contribution < 1.29 is 94.7 Å². The van der Waals surface area contributed by atoms with Crippen LogP contribution in [0, 0.1) is 35.0 Å². The van der Waals surface area contributed by atoms with Gasteiger partial charge in [0, 0.05) is 90.5 Å². The Hall–Kier alpha value is -9.87. The summed E-state index contributed by atoms with van der Waals surface area (Å²) < 4.78 is 17.8. The van der Waals surface area contributed by atoms with E-state index in [2.05, 4.69) is 53.2 Å². The number of benzene rings is 2. The van der Waals surface area contributed by atoms with Gasteiger partial charge in [-0.3, -0.25) is 52.7 Å². The summed E-state index contributed by atoms with van der Waals surface area (Å²) >= 11 is 0. The molecule has 5 heterocycles. The second kappa shape index (κ2) is 42.2. The summed E-state index contributed by atoms with van der Waals surface area (Å²) in [6.45, 7) is 9.58. The fourth-order valence-electron chi connectivity index (χ4n) is 19.9. The van der Waals surface area contributed by atoms with Gasteiger partial charge in [0.1, 0.15) is 66.6 Å². The number of nitrogens with zero attached hydrogens (tertiary/aromatic N) is 3. The van der Waals surface area contributed by atoms with Crippen molar-refractivity contribution in [3.63, 3.8) is 0 Å². The second-order valence-electron chi connectivity index (χ2n) is 36.1. The Morgan fingerprint density at radius 1 is 0.736 bits per heavy atom. The van der Waals surface area contributed by atoms with E-state index in [9.17, 15) is 34.5 Å². The zero-order valence-corrected chi connectivity index (χ0v) is 74.1. The summed E-state index contributed by atoms with van der Waals surface area (Å²) in [5, 5.41) is 63.8. The Labute approximate surface area is 740 Å². The van der Waals surface area contributed by atoms with Crippen LogP contribution in [0.15, 0.2) is 132 Å². The molecule has 5 aliphatic carbocycles. The Morgan fingerprint density at radius 3 is 2.11 bits per heavy atom. The van der Waals surface area contributed by atoms with Gasteiger partial charge in [0.15, 0.2) is 11.4 Å². The molecular weight excluding hydrogens is 1640 g/mol. The van der Waals surface area contributed by atoms with E-state index in [0.717, 1.165) is 27.2 Å². The quantitative estimate of drug-likeness (QED) is 0.0371. The molecule has 0 radical (unpaired) electrons. The number of nitrogens with one attached hydrogen (secondary N) is 10. The van der Waals surface area contributed by atoms with E-state index in [4.69, 9.17) is 14.2 Å². The molecule has 2 aromatic carbocycles. The standard InChI is InChI=1S/C91H123N13O19S2.2H2/c1-52(105)69(49-122-87(119)91(121-8)37-36-63-62-34-32-56-44-59(107)33-35-61(56)75(62)74(108)46-90(63,91)6)98-82(114)71-51-125-124-50-70(99-79(111)67(43-55-24-13-10-14-25-55)97-83(115)72-30-20-40-103(72)86(118)73-31-21-41-104(73)85(117)57-26-19-39-102(7)48-57)81(113)95-66(42-54-22-11-9-12-23-54)78(110)96-68(45-58-47-93-64-28-16-15-27-60(58)64)80(112)94-65(77(109)101-76(53(2)106)84(116)100-71)29-17-18-38-92-88(120)123-89(3,4)5;;/h9-16,19,22-25,27-28,39,44,47-48,52-53,60-76,93,105-106,108H,17-18,20-21,26,29-38,40-43,45-46,49-51H2,1-8H3,(H,92,120)(H,94,112)(H,95,113)(H,96,110)(H,97,115)(H,98,114)(H,99,111)(H,100,116)(H,101,109);2*1H/t52?,53?,60?,61?,62?,63?,64?,65?,66?,67?,68?,69?,70?,71?,72?,73?,74?,75?,76?,90?,91-;;/m1../s1/i;2*1+1. The average Bonchev–Trinajstić information content (AvgIpc) is 1.57. The fraction of sp³-hybridized carbons (Fsp3) is 0.593. The van der Waals surface area contributed by atoms with Gasteiger partial charge in [-0.25, -0.2) is 9.59 Å². The van der Waals surface area contributed by atoms with E-state index >= 15 is 43.2 Å². The zero-order chi connectivity index (χ0) is 89.6. The van der Waals surface area contributed by atoms with Crippen molar-refractivity contribution in [2.45, 2.75) is 253 Å². The maximum atomic E-state index is 15.8. The number of alkyl carbamates (subject to hydrolysis) is 1. The van der Waals surface area contributed by atoms with E-state index in [1.807, 2.05) is 43.5 Å². The molecule has 13 N–H and O–H groups in total. The largest absolute Gasteiger partial charge is 0.461 e. The van der Waals surface area contributed by atoms with Crippen LogP contribution in [-0.4, -0.2) is 255 Å². The summed E-state index contributed by atoms with van der Waals surface area (Å²) in [5.41, 5.74) is 0.0657. The maximum absolute atomic E-state index is 15.8. The number of rotatable bonds is 25. The number of hydrogen-bond acceptors (Lipinski definition) is 23. The molecule has 34 heteroatoms. The number of aliphatic hydroxyl groups is 3. The van der Waals surface area contributed by atoms with Crippen LogP contribution in [0.5, 0.6) is 0 Å². The topological polar surface area (TPSA) is 440 Å². The van der Waals surface area contributed by atoms with Crippen LogP contribution < -0.4 is 53.2 Å². The fourth-order valence-corrected chi connectivity index (χ4v) is 22.3. The predicted octanol–water partition coefficient (Wildman–Crippen LogP) is 4.44. The summed E-state index contributed by atoms with van der Waals surface area (Å²) in [6, 6.07) is 2.75. The lowest BCUT2D eigenvalue weighted by atomic mass is 9.49. The van der Waals surface area contributed by atoms with Gasteiger partial charge in [0.25, 0.3) is 5.91 Å². The van der Waals surface area contributed by atoms with Gasteiger partial charge in [-0.1, -0.05) is 125 Å². The molecule has 21 atom stereocenters. The first-order valence-electron chi connectivity index (χ1n) is 44.0. The van der Waals surface area contributed by atoms with Crippen LogP contribution in [-0.2, 0) is 84.6 Å². The monoisotopic (exact) mass is 1770 g/mol. The van der Waals surface area contributed by atoms with Gasteiger partial charge in [-0.15, -0.1) is 0 Å². The summed E-state index contributed by atoms with van der Waals surface area (Å²) in [5.74, 6) is -9.88. The molecule has 5 aliphatic heterocycles. The summed E-state index contributed by atoms with van der Waals surface area (Å²) in [4.78, 5) is 197. The third kappa shape index (κ3) is 22.9. The molecule has 3 saturated carbocycles. The van der Waals surface area contributed by atoms with Crippen LogP contribution in [0.3, 0.4) is 0 Å². The highest BCUT2D eigenvalue weighted by Crippen LogP contribution is 2.66. The number of carbonyl (C=O) groups is 13. The molecular formula is C91H127N13O19S2. The van der Waals surface area contributed by atoms with E-state index in [-0.39, 0.29) is 127 Å². The number of carbonyl (C=O) groups excluding carboxylic acids is 13. The molecule has 0 aromatic heterocycles. The van der Waals surface area contributed by atoms with E-state index in [0.29, 0.717) is 86.6 Å². The number of methoxy groups -OCH3 is 1. The zero-order valence-electron chi connectivity index (χ0n) is 72.4. The molecule has 6 fully saturated rings. The number of allylic oxidation sites excluding steroid dienone is 4. The lowest BCUT2D eigenvalue weighted by molar-refractivity contribution is -0.203. The van der Waals surface area contributed by atoms with E-state index in [1.54, 1.807) is 117 Å². The number of aliphatic hydroxyl groups excluding tert-OH is 3. The molecule has 11 amide bonds. The van der Waals surface area contributed by atoms with Crippen LogP contribution >= 0.6 is 21.6 Å². The second-order valence-corrected chi connectivity index (χ2v) is 38.6. The molecule has 20 unspecified atom stereocenters. The van der Waals surface area contributed by atoms with Gasteiger partial charge < -0.3 is 97.4 Å². The molecule has 3 saturated heterocycles. The third-order valence-corrected chi connectivity index (χ3v) is 28.8. The first kappa shape index (κ1) is 94.3. The number of hydrogen-bond donors (Lipinski definition) is 13. The molecule has 10 aliphatic rings. The van der Waals surface area contributed by atoms with Crippen molar-refractivity contribution in [2.75, 3.05) is 51.9 Å². The lowest BCUT2D eigenvalue weighted by Gasteiger charge is -2.57. The molecule has 0 bridgehead atoms. The highest BCUT2D eigenvalue weighted by molar-refractivity contribution is 8.76. The predicted molar refractivity (Wildman–Crippen MR) is 471 cm³/mol. The van der Waals surface area contributed by atoms with Gasteiger partial charge in [-0.05, 0) is 190 Å². The summed E-state index contributed by atoms with van der Waals surface area (Å²) in [7, 11) is 5.09. The van der Waals surface area contributed by atoms with Crippen molar-refractivity contribution in [2.24, 2.45) is 35.0 Å². The highest BCUT2D eigenvalue weighted by Gasteiger charge is 2.69. The van der Waals surface area contributed by atoms with Gasteiger partial charge in [-0.2, -0.15) is 0 Å². The van der Waals surface area contributed by atoms with Crippen molar-refractivity contribution >= 4 is 98.5 Å². The minimum absolute atomic E-state index is 0. The van der Waals surface area contributed by atoms with Gasteiger partial charge in [0.2, 0.25) is 53.2 Å². The number of ketones is 1. The number of esters is 1. The average molecular weight is 1770 g/mol. The first-order valence-corrected chi connectivity index (χ1v) is 46.4. The smallest absolute Gasteiger partial charge is 0.407 e. The van der Waals surface area contributed by atoms with Crippen molar-refractivity contribution in [1.82, 2.24) is 67.9 Å².